The standard InChI is InChI=1S/C25H26N2O7S/c1-4-33-25(29)18-5-7-19(8-6-18)26-24(28)16-34-23-14-13-22(15-17(23)2)35(30,31)27-20-9-11-21(32-3)12-10-20/h5-15,27H,4,16H2,1-3H3,(H,26,28). The largest absolute Gasteiger partial charge is 0.497 e. The number of nitrogens with one attached hydrogen (secondary N) is 2. The van der Waals surface area contributed by atoms with E-state index in [-0.39, 0.29) is 18.1 Å². The number of hydrogen-bond acceptors (Lipinski definition) is 7. The molecule has 184 valence electrons. The lowest BCUT2D eigenvalue weighted by Crippen LogP contribution is -2.20. The van der Waals surface area contributed by atoms with Crippen molar-refractivity contribution in [1.82, 2.24) is 0 Å². The van der Waals surface area contributed by atoms with Gasteiger partial charge in [-0.1, -0.05) is 0 Å². The van der Waals surface area contributed by atoms with Crippen LogP contribution in [0.4, 0.5) is 11.4 Å². The van der Waals surface area contributed by atoms with E-state index in [1.165, 1.54) is 25.3 Å². The highest BCUT2D eigenvalue weighted by Gasteiger charge is 2.16. The van der Waals surface area contributed by atoms with Gasteiger partial charge >= 0.3 is 5.97 Å². The molecule has 0 aromatic heterocycles. The first-order chi connectivity index (χ1) is 16.7. The minimum atomic E-state index is -3.82. The van der Waals surface area contributed by atoms with Crippen LogP contribution >= 0.6 is 0 Å². The Morgan fingerprint density at radius 3 is 2.17 bits per heavy atom. The van der Waals surface area contributed by atoms with Gasteiger partial charge in [0.2, 0.25) is 0 Å². The average Bonchev–Trinajstić information content (AvgIpc) is 2.84. The minimum absolute atomic E-state index is 0.0595. The van der Waals surface area contributed by atoms with Crippen molar-refractivity contribution in [2.45, 2.75) is 18.7 Å². The number of anilines is 2. The number of methoxy groups -OCH3 is 1. The van der Waals surface area contributed by atoms with E-state index in [9.17, 15) is 18.0 Å². The van der Waals surface area contributed by atoms with E-state index in [1.54, 1.807) is 62.4 Å². The van der Waals surface area contributed by atoms with Crippen LogP contribution in [0.15, 0.2) is 71.6 Å². The minimum Gasteiger partial charge on any atom is -0.497 e. The van der Waals surface area contributed by atoms with Crippen LogP contribution in [-0.2, 0) is 19.6 Å². The number of hydrogen-bond donors (Lipinski definition) is 2. The monoisotopic (exact) mass is 498 g/mol. The highest BCUT2D eigenvalue weighted by molar-refractivity contribution is 7.92. The van der Waals surface area contributed by atoms with E-state index in [2.05, 4.69) is 10.0 Å². The Labute approximate surface area is 204 Å². The van der Waals surface area contributed by atoms with Gasteiger partial charge in [0.1, 0.15) is 11.5 Å². The first-order valence-corrected chi connectivity index (χ1v) is 12.2. The summed E-state index contributed by atoms with van der Waals surface area (Å²) in [6, 6.07) is 17.2. The zero-order chi connectivity index (χ0) is 25.4. The Kier molecular flexibility index (Phi) is 8.32. The van der Waals surface area contributed by atoms with Gasteiger partial charge in [-0.05, 0) is 86.1 Å². The molecular weight excluding hydrogens is 472 g/mol. The highest BCUT2D eigenvalue weighted by Crippen LogP contribution is 2.24. The molecule has 0 fully saturated rings. The summed E-state index contributed by atoms with van der Waals surface area (Å²) in [4.78, 5) is 24.0. The SMILES string of the molecule is CCOC(=O)c1ccc(NC(=O)COc2ccc(S(=O)(=O)Nc3ccc(OC)cc3)cc2C)cc1. The molecule has 0 unspecified atom stereocenters. The predicted octanol–water partition coefficient (Wildman–Crippen LogP) is 4.00. The normalized spacial score (nSPS) is 10.8. The Hall–Kier alpha value is -4.05. The van der Waals surface area contributed by atoms with E-state index in [1.807, 2.05) is 0 Å². The van der Waals surface area contributed by atoms with Crippen molar-refractivity contribution in [3.8, 4) is 11.5 Å². The van der Waals surface area contributed by atoms with Gasteiger partial charge < -0.3 is 19.5 Å². The van der Waals surface area contributed by atoms with Gasteiger partial charge in [-0.25, -0.2) is 13.2 Å². The van der Waals surface area contributed by atoms with E-state index in [0.717, 1.165) is 0 Å². The third-order valence-electron chi connectivity index (χ3n) is 4.84. The molecule has 3 rings (SSSR count). The second kappa shape index (κ2) is 11.4. The number of ether oxygens (including phenoxy) is 3. The van der Waals surface area contributed by atoms with Crippen LogP contribution in [0.5, 0.6) is 11.5 Å². The molecule has 9 nitrogen and oxygen atoms in total. The third-order valence-corrected chi connectivity index (χ3v) is 6.22. The molecule has 0 heterocycles. The topological polar surface area (TPSA) is 120 Å². The average molecular weight is 499 g/mol. The van der Waals surface area contributed by atoms with E-state index in [4.69, 9.17) is 14.2 Å². The highest BCUT2D eigenvalue weighted by atomic mass is 32.2. The van der Waals surface area contributed by atoms with Crippen molar-refractivity contribution in [3.63, 3.8) is 0 Å². The van der Waals surface area contributed by atoms with Crippen LogP contribution in [0, 0.1) is 6.92 Å². The van der Waals surface area contributed by atoms with Gasteiger partial charge in [-0.2, -0.15) is 0 Å². The van der Waals surface area contributed by atoms with Crippen LogP contribution in [0.1, 0.15) is 22.8 Å². The lowest BCUT2D eigenvalue weighted by atomic mass is 10.2. The number of aryl methyl sites for hydroxylation is 1. The second-order valence-electron chi connectivity index (χ2n) is 7.40. The van der Waals surface area contributed by atoms with Gasteiger partial charge in [0.25, 0.3) is 15.9 Å². The molecule has 0 aliphatic carbocycles. The van der Waals surface area contributed by atoms with Crippen LogP contribution in [-0.4, -0.2) is 40.6 Å². The van der Waals surface area contributed by atoms with Crippen molar-refractivity contribution in [1.29, 1.82) is 0 Å². The Bertz CT molecular complexity index is 1290. The summed E-state index contributed by atoms with van der Waals surface area (Å²) in [5.74, 6) is 0.143. The number of carbonyl (C=O) groups excluding carboxylic acids is 2. The van der Waals surface area contributed by atoms with Crippen LogP contribution in [0.3, 0.4) is 0 Å². The van der Waals surface area contributed by atoms with Gasteiger partial charge in [0.05, 0.1) is 24.2 Å². The Balaban J connectivity index is 1.58. The van der Waals surface area contributed by atoms with Crippen molar-refractivity contribution in [2.75, 3.05) is 30.4 Å². The summed E-state index contributed by atoms with van der Waals surface area (Å²) in [6.07, 6.45) is 0. The van der Waals surface area contributed by atoms with Crippen LogP contribution in [0.25, 0.3) is 0 Å². The smallest absolute Gasteiger partial charge is 0.338 e. The Morgan fingerprint density at radius 2 is 1.57 bits per heavy atom. The molecule has 2 N–H and O–H groups in total. The molecule has 0 aliphatic rings. The molecule has 0 radical (unpaired) electrons. The summed E-state index contributed by atoms with van der Waals surface area (Å²) >= 11 is 0. The molecule has 10 heteroatoms. The summed E-state index contributed by atoms with van der Waals surface area (Å²) < 4.78 is 43.5. The maximum absolute atomic E-state index is 12.7. The van der Waals surface area contributed by atoms with Crippen LogP contribution in [0.2, 0.25) is 0 Å². The molecule has 3 aromatic rings. The second-order valence-corrected chi connectivity index (χ2v) is 9.08. The zero-order valence-electron chi connectivity index (χ0n) is 19.5. The van der Waals surface area contributed by atoms with Crippen molar-refractivity contribution < 1.29 is 32.2 Å². The van der Waals surface area contributed by atoms with E-state index in [0.29, 0.717) is 34.0 Å². The van der Waals surface area contributed by atoms with E-state index < -0.39 is 21.9 Å². The number of carbonyl (C=O) groups is 2. The number of esters is 1. The summed E-state index contributed by atoms with van der Waals surface area (Å²) in [5, 5.41) is 2.67. The number of rotatable bonds is 10. The molecule has 1 amide bonds. The van der Waals surface area contributed by atoms with Crippen molar-refractivity contribution in [2.24, 2.45) is 0 Å². The molecule has 0 saturated heterocycles. The molecule has 3 aromatic carbocycles. The van der Waals surface area contributed by atoms with Crippen molar-refractivity contribution >= 4 is 33.3 Å². The Morgan fingerprint density at radius 1 is 0.914 bits per heavy atom. The van der Waals surface area contributed by atoms with E-state index >= 15 is 0 Å². The number of amides is 1. The maximum atomic E-state index is 12.7. The number of benzene rings is 3. The zero-order valence-corrected chi connectivity index (χ0v) is 20.3. The molecule has 0 spiro atoms. The molecule has 0 bridgehead atoms. The first-order valence-electron chi connectivity index (χ1n) is 10.7. The third kappa shape index (κ3) is 6.97. The quantitative estimate of drug-likeness (QED) is 0.406. The molecule has 0 aliphatic heterocycles. The molecule has 0 atom stereocenters. The first kappa shape index (κ1) is 25.6. The fourth-order valence-electron chi connectivity index (χ4n) is 3.07. The molecule has 35 heavy (non-hydrogen) atoms. The summed E-state index contributed by atoms with van der Waals surface area (Å²) in [7, 11) is -2.29. The maximum Gasteiger partial charge on any atom is 0.338 e. The summed E-state index contributed by atoms with van der Waals surface area (Å²) in [5.41, 5.74) is 1.83. The molecular formula is C25H26N2O7S. The summed E-state index contributed by atoms with van der Waals surface area (Å²) in [6.45, 7) is 3.41. The van der Waals surface area contributed by atoms with Gasteiger partial charge in [-0.3, -0.25) is 9.52 Å². The lowest BCUT2D eigenvalue weighted by Gasteiger charge is -2.13. The van der Waals surface area contributed by atoms with Gasteiger partial charge in [0.15, 0.2) is 6.61 Å². The van der Waals surface area contributed by atoms with Gasteiger partial charge in [-0.15, -0.1) is 0 Å². The molecule has 0 saturated carbocycles. The predicted molar refractivity (Wildman–Crippen MR) is 132 cm³/mol. The van der Waals surface area contributed by atoms with Crippen molar-refractivity contribution in [3.05, 3.63) is 77.9 Å². The fourth-order valence-corrected chi connectivity index (χ4v) is 4.21. The van der Waals surface area contributed by atoms with Gasteiger partial charge in [0, 0.05) is 11.4 Å². The lowest BCUT2D eigenvalue weighted by molar-refractivity contribution is -0.118. The van der Waals surface area contributed by atoms with Crippen LogP contribution < -0.4 is 19.5 Å². The number of sulfonamides is 1. The fraction of sp³-hybridized carbons (Fsp3) is 0.200.